The quantitative estimate of drug-likeness (QED) is 0.441. The largest absolute Gasteiger partial charge is 0.495 e. The minimum absolute atomic E-state index is 0.184. The molecule has 2 aromatic carbocycles. The van der Waals surface area contributed by atoms with Gasteiger partial charge in [0.05, 0.1) is 35.4 Å². The maximum Gasteiger partial charge on any atom is 0.266 e. The zero-order valence-electron chi connectivity index (χ0n) is 17.8. The van der Waals surface area contributed by atoms with E-state index in [1.54, 1.807) is 56.3 Å². The standard InChI is InChI=1S/C24H21N3O4S/c1-14-19-23(32-21(14)22(29)26-17-11-7-8-12-18(17)31-3)25-13-27(24(19)30)15(2)20(28)16-9-5-4-6-10-16/h4-13,15H,1-3H3,(H,26,29)/t15-/m0/s1. The zero-order valence-corrected chi connectivity index (χ0v) is 18.6. The molecule has 0 aliphatic rings. The number of para-hydroxylation sites is 2. The number of anilines is 1. The van der Waals surface area contributed by atoms with Crippen LogP contribution in [0.15, 0.2) is 65.7 Å². The van der Waals surface area contributed by atoms with Crippen molar-refractivity contribution >= 4 is 38.9 Å². The van der Waals surface area contributed by atoms with Gasteiger partial charge in [0.25, 0.3) is 11.5 Å². The minimum atomic E-state index is -0.730. The van der Waals surface area contributed by atoms with E-state index >= 15 is 0 Å². The number of amides is 1. The third kappa shape index (κ3) is 3.80. The van der Waals surface area contributed by atoms with Crippen molar-refractivity contribution < 1.29 is 14.3 Å². The van der Waals surface area contributed by atoms with Gasteiger partial charge in [0, 0.05) is 5.56 Å². The second-order valence-electron chi connectivity index (χ2n) is 7.25. The number of hydrogen-bond acceptors (Lipinski definition) is 6. The van der Waals surface area contributed by atoms with Crippen molar-refractivity contribution in [1.82, 2.24) is 9.55 Å². The molecule has 0 spiro atoms. The summed E-state index contributed by atoms with van der Waals surface area (Å²) in [5, 5.41) is 3.17. The Labute approximate surface area is 188 Å². The molecule has 8 heteroatoms. The maximum atomic E-state index is 13.2. The second kappa shape index (κ2) is 8.76. The highest BCUT2D eigenvalue weighted by molar-refractivity contribution is 7.20. The number of rotatable bonds is 6. The van der Waals surface area contributed by atoms with E-state index in [0.717, 1.165) is 11.3 Å². The van der Waals surface area contributed by atoms with Gasteiger partial charge in [-0.1, -0.05) is 42.5 Å². The number of ether oxygens (including phenoxy) is 1. The topological polar surface area (TPSA) is 90.3 Å². The number of carbonyl (C=O) groups excluding carboxylic acids is 2. The van der Waals surface area contributed by atoms with Crippen LogP contribution in [0.1, 0.15) is 38.6 Å². The Hall–Kier alpha value is -3.78. The van der Waals surface area contributed by atoms with E-state index in [9.17, 15) is 14.4 Å². The SMILES string of the molecule is COc1ccccc1NC(=O)c1sc2ncn([C@@H](C)C(=O)c3ccccc3)c(=O)c2c1C. The van der Waals surface area contributed by atoms with Crippen molar-refractivity contribution in [3.63, 3.8) is 0 Å². The van der Waals surface area contributed by atoms with Crippen LogP contribution in [-0.4, -0.2) is 28.4 Å². The number of nitrogens with zero attached hydrogens (tertiary/aromatic N) is 2. The van der Waals surface area contributed by atoms with Crippen molar-refractivity contribution in [3.8, 4) is 5.75 Å². The molecule has 162 valence electrons. The summed E-state index contributed by atoms with van der Waals surface area (Å²) in [4.78, 5) is 44.2. The lowest BCUT2D eigenvalue weighted by molar-refractivity contribution is 0.0932. The molecule has 32 heavy (non-hydrogen) atoms. The number of ketones is 1. The molecule has 1 amide bonds. The van der Waals surface area contributed by atoms with Crippen LogP contribution < -0.4 is 15.6 Å². The first-order chi connectivity index (χ1) is 15.4. The minimum Gasteiger partial charge on any atom is -0.495 e. The maximum absolute atomic E-state index is 13.2. The smallest absolute Gasteiger partial charge is 0.266 e. The summed E-state index contributed by atoms with van der Waals surface area (Å²) in [6.07, 6.45) is 1.37. The van der Waals surface area contributed by atoms with Crippen LogP contribution in [0.25, 0.3) is 10.2 Å². The van der Waals surface area contributed by atoms with Crippen molar-refractivity contribution in [2.45, 2.75) is 19.9 Å². The van der Waals surface area contributed by atoms with Gasteiger partial charge in [-0.15, -0.1) is 11.3 Å². The number of benzene rings is 2. The molecule has 7 nitrogen and oxygen atoms in total. The van der Waals surface area contributed by atoms with Gasteiger partial charge in [0.15, 0.2) is 5.78 Å². The number of fused-ring (bicyclic) bond motifs is 1. The number of methoxy groups -OCH3 is 1. The molecule has 0 aliphatic carbocycles. The fourth-order valence-electron chi connectivity index (χ4n) is 3.53. The van der Waals surface area contributed by atoms with Gasteiger partial charge in [-0.2, -0.15) is 0 Å². The fourth-order valence-corrected chi connectivity index (χ4v) is 4.56. The van der Waals surface area contributed by atoms with Gasteiger partial charge in [-0.3, -0.25) is 19.0 Å². The molecular weight excluding hydrogens is 426 g/mol. The number of aryl methyl sites for hydroxylation is 1. The first-order valence-corrected chi connectivity index (χ1v) is 10.8. The number of thiophene rings is 1. The van der Waals surface area contributed by atoms with Gasteiger partial charge in [-0.05, 0) is 31.5 Å². The average Bonchev–Trinajstić information content (AvgIpc) is 3.16. The van der Waals surface area contributed by atoms with E-state index in [1.165, 1.54) is 18.0 Å². The molecule has 0 saturated heterocycles. The van der Waals surface area contributed by atoms with Crippen molar-refractivity contribution in [3.05, 3.63) is 87.3 Å². The Kier molecular flexibility index (Phi) is 5.87. The number of Topliss-reactive ketones (excluding diaryl/α,β-unsaturated/α-hetero) is 1. The van der Waals surface area contributed by atoms with Crippen LogP contribution in [0.4, 0.5) is 5.69 Å². The van der Waals surface area contributed by atoms with E-state index in [4.69, 9.17) is 4.74 Å². The van der Waals surface area contributed by atoms with E-state index in [0.29, 0.717) is 37.7 Å². The zero-order chi connectivity index (χ0) is 22.8. The van der Waals surface area contributed by atoms with Gasteiger partial charge in [0.1, 0.15) is 10.6 Å². The Morgan fingerprint density at radius 2 is 1.78 bits per heavy atom. The van der Waals surface area contributed by atoms with Gasteiger partial charge < -0.3 is 10.1 Å². The van der Waals surface area contributed by atoms with Crippen LogP contribution in [0.2, 0.25) is 0 Å². The molecule has 2 aromatic heterocycles. The molecule has 0 unspecified atom stereocenters. The molecule has 1 atom stereocenters. The highest BCUT2D eigenvalue weighted by Gasteiger charge is 2.24. The summed E-state index contributed by atoms with van der Waals surface area (Å²) < 4.78 is 6.60. The number of aromatic nitrogens is 2. The lowest BCUT2D eigenvalue weighted by Gasteiger charge is -2.13. The van der Waals surface area contributed by atoms with E-state index < -0.39 is 6.04 Å². The van der Waals surface area contributed by atoms with E-state index in [-0.39, 0.29) is 17.2 Å². The summed E-state index contributed by atoms with van der Waals surface area (Å²) in [5.74, 6) is -0.00132. The predicted octanol–water partition coefficient (Wildman–Crippen LogP) is 4.47. The van der Waals surface area contributed by atoms with Gasteiger partial charge >= 0.3 is 0 Å². The van der Waals surface area contributed by atoms with Gasteiger partial charge in [-0.25, -0.2) is 4.98 Å². The highest BCUT2D eigenvalue weighted by atomic mass is 32.1. The highest BCUT2D eigenvalue weighted by Crippen LogP contribution is 2.30. The van der Waals surface area contributed by atoms with Crippen molar-refractivity contribution in [1.29, 1.82) is 0 Å². The summed E-state index contributed by atoms with van der Waals surface area (Å²) in [6, 6.07) is 15.2. The summed E-state index contributed by atoms with van der Waals surface area (Å²) >= 11 is 1.14. The Morgan fingerprint density at radius 1 is 1.09 bits per heavy atom. The van der Waals surface area contributed by atoms with Crippen LogP contribution in [0.3, 0.4) is 0 Å². The van der Waals surface area contributed by atoms with Gasteiger partial charge in [0.2, 0.25) is 0 Å². The number of carbonyl (C=O) groups is 2. The molecule has 0 bridgehead atoms. The van der Waals surface area contributed by atoms with Crippen LogP contribution in [0, 0.1) is 6.92 Å². The Balaban J connectivity index is 1.70. The molecule has 2 heterocycles. The Bertz CT molecular complexity index is 1380. The summed E-state index contributed by atoms with van der Waals surface area (Å²) in [6.45, 7) is 3.38. The van der Waals surface area contributed by atoms with E-state index in [2.05, 4.69) is 10.3 Å². The lowest BCUT2D eigenvalue weighted by Crippen LogP contribution is -2.28. The predicted molar refractivity (Wildman–Crippen MR) is 125 cm³/mol. The molecule has 0 fully saturated rings. The lowest BCUT2D eigenvalue weighted by atomic mass is 10.1. The van der Waals surface area contributed by atoms with Crippen molar-refractivity contribution in [2.24, 2.45) is 0 Å². The monoisotopic (exact) mass is 447 g/mol. The summed E-state index contributed by atoms with van der Waals surface area (Å²) in [5.41, 5.74) is 1.23. The normalized spacial score (nSPS) is 11.8. The first kappa shape index (κ1) is 21.5. The van der Waals surface area contributed by atoms with Crippen LogP contribution >= 0.6 is 11.3 Å². The van der Waals surface area contributed by atoms with Crippen molar-refractivity contribution in [2.75, 3.05) is 12.4 Å². The third-order valence-corrected chi connectivity index (χ3v) is 6.49. The molecule has 1 N–H and O–H groups in total. The molecule has 4 aromatic rings. The second-order valence-corrected chi connectivity index (χ2v) is 8.25. The molecule has 4 rings (SSSR count). The molecule has 0 aliphatic heterocycles. The summed E-state index contributed by atoms with van der Waals surface area (Å²) in [7, 11) is 1.53. The third-order valence-electron chi connectivity index (χ3n) is 5.29. The number of nitrogens with one attached hydrogen (secondary N) is 1. The van der Waals surface area contributed by atoms with Crippen LogP contribution in [0.5, 0.6) is 5.75 Å². The average molecular weight is 448 g/mol. The Morgan fingerprint density at radius 3 is 2.50 bits per heavy atom. The molecule has 0 saturated carbocycles. The first-order valence-electron chi connectivity index (χ1n) is 9.96. The molecule has 0 radical (unpaired) electrons. The fraction of sp³-hybridized carbons (Fsp3) is 0.167. The molecular formula is C24H21N3O4S. The van der Waals surface area contributed by atoms with E-state index in [1.807, 2.05) is 12.1 Å². The van der Waals surface area contributed by atoms with Crippen LogP contribution in [-0.2, 0) is 0 Å². The number of hydrogen-bond donors (Lipinski definition) is 1.